The highest BCUT2D eigenvalue weighted by molar-refractivity contribution is 7.99. The Balaban J connectivity index is 1.95. The molecule has 0 saturated carbocycles. The second kappa shape index (κ2) is 7.60. The molecule has 0 bridgehead atoms. The highest BCUT2D eigenvalue weighted by atomic mass is 32.2. The van der Waals surface area contributed by atoms with Crippen LogP contribution < -0.4 is 10.3 Å². The number of benzene rings is 2. The lowest BCUT2D eigenvalue weighted by atomic mass is 9.92. The van der Waals surface area contributed by atoms with E-state index in [0.717, 1.165) is 0 Å². The van der Waals surface area contributed by atoms with Crippen LogP contribution in [-0.4, -0.2) is 37.8 Å². The molecule has 2 aromatic carbocycles. The van der Waals surface area contributed by atoms with E-state index in [1.165, 1.54) is 16.3 Å². The monoisotopic (exact) mass is 422 g/mol. The Morgan fingerprint density at radius 2 is 1.87 bits per heavy atom. The molecule has 0 aliphatic heterocycles. The summed E-state index contributed by atoms with van der Waals surface area (Å²) in [6.45, 7) is 5.69. The number of thioether (sulfide) groups is 1. The molecule has 0 radical (unpaired) electrons. The minimum absolute atomic E-state index is 0.120. The van der Waals surface area contributed by atoms with Crippen molar-refractivity contribution in [3.8, 4) is 11.4 Å². The van der Waals surface area contributed by atoms with Crippen molar-refractivity contribution in [2.75, 3.05) is 12.9 Å². The predicted molar refractivity (Wildman–Crippen MR) is 118 cm³/mol. The fraction of sp³-hybridized carbons (Fsp3) is 0.273. The summed E-state index contributed by atoms with van der Waals surface area (Å²) in [7, 11) is 1.58. The molecule has 0 atom stereocenters. The average Bonchev–Trinajstić information content (AvgIpc) is 3.15. The summed E-state index contributed by atoms with van der Waals surface area (Å²) in [5, 5.41) is 9.71. The van der Waals surface area contributed by atoms with E-state index in [-0.39, 0.29) is 17.1 Å². The molecule has 154 valence electrons. The van der Waals surface area contributed by atoms with Crippen LogP contribution in [0.2, 0.25) is 0 Å². The maximum absolute atomic E-state index is 13.3. The lowest BCUT2D eigenvalue weighted by Gasteiger charge is -2.15. The number of aromatic nitrogens is 4. The first-order valence-corrected chi connectivity index (χ1v) is 10.5. The minimum Gasteiger partial charge on any atom is -0.497 e. The number of Topliss-reactive ketones (excluding diaryl/α,β-unsaturated/α-hetero) is 1. The number of carbonyl (C=O) groups excluding carboxylic acids is 1. The van der Waals surface area contributed by atoms with Gasteiger partial charge in [0.2, 0.25) is 5.78 Å². The van der Waals surface area contributed by atoms with E-state index in [4.69, 9.17) is 4.74 Å². The Bertz CT molecular complexity index is 1320. The van der Waals surface area contributed by atoms with Gasteiger partial charge >= 0.3 is 0 Å². The quantitative estimate of drug-likeness (QED) is 0.456. The van der Waals surface area contributed by atoms with Gasteiger partial charge in [0.1, 0.15) is 11.5 Å². The standard InChI is InChI=1S/C22H22N4O3S/c1-22(2,3)18(27)13-30-21-24-23-20-25(14-8-7-9-15(12-14)29-4)19(28)16-10-5-6-11-17(16)26(20)21/h5-12H,13H2,1-4H3. The molecule has 4 rings (SSSR count). The van der Waals surface area contributed by atoms with Crippen molar-refractivity contribution in [1.82, 2.24) is 19.2 Å². The van der Waals surface area contributed by atoms with Crippen LogP contribution in [0, 0.1) is 5.41 Å². The molecule has 4 aromatic rings. The van der Waals surface area contributed by atoms with Gasteiger partial charge in [-0.25, -0.2) is 4.57 Å². The Hall–Kier alpha value is -3.13. The number of methoxy groups -OCH3 is 1. The molecule has 0 spiro atoms. The third-order valence-corrected chi connectivity index (χ3v) is 5.80. The number of para-hydroxylation sites is 1. The van der Waals surface area contributed by atoms with Gasteiger partial charge in [0.05, 0.1) is 29.5 Å². The van der Waals surface area contributed by atoms with Gasteiger partial charge in [-0.15, -0.1) is 10.2 Å². The fourth-order valence-electron chi connectivity index (χ4n) is 3.10. The van der Waals surface area contributed by atoms with Gasteiger partial charge in [-0.2, -0.15) is 0 Å². The van der Waals surface area contributed by atoms with Crippen LogP contribution in [0.1, 0.15) is 20.8 Å². The molecule has 0 amide bonds. The van der Waals surface area contributed by atoms with Crippen LogP contribution in [0.15, 0.2) is 58.5 Å². The van der Waals surface area contributed by atoms with E-state index in [0.29, 0.717) is 33.3 Å². The zero-order valence-electron chi connectivity index (χ0n) is 17.2. The van der Waals surface area contributed by atoms with Crippen LogP contribution in [0.5, 0.6) is 5.75 Å². The molecule has 0 saturated heterocycles. The molecule has 0 unspecified atom stereocenters. The first-order valence-electron chi connectivity index (χ1n) is 9.50. The highest BCUT2D eigenvalue weighted by Crippen LogP contribution is 2.26. The fourth-order valence-corrected chi connectivity index (χ4v) is 4.20. The third kappa shape index (κ3) is 3.47. The van der Waals surface area contributed by atoms with Gasteiger partial charge in [0, 0.05) is 11.5 Å². The van der Waals surface area contributed by atoms with Crippen molar-refractivity contribution in [2.24, 2.45) is 5.41 Å². The summed E-state index contributed by atoms with van der Waals surface area (Å²) in [6, 6.07) is 14.6. The number of hydrogen-bond acceptors (Lipinski definition) is 6. The van der Waals surface area contributed by atoms with Crippen LogP contribution in [-0.2, 0) is 4.79 Å². The molecule has 0 N–H and O–H groups in total. The topological polar surface area (TPSA) is 78.5 Å². The van der Waals surface area contributed by atoms with Crippen LogP contribution in [0.3, 0.4) is 0 Å². The number of hydrogen-bond donors (Lipinski definition) is 0. The summed E-state index contributed by atoms with van der Waals surface area (Å²) >= 11 is 1.32. The van der Waals surface area contributed by atoms with Gasteiger partial charge in [0.25, 0.3) is 5.56 Å². The number of carbonyl (C=O) groups is 1. The van der Waals surface area contributed by atoms with E-state index in [9.17, 15) is 9.59 Å². The SMILES string of the molecule is COc1cccc(-n2c(=O)c3ccccc3n3c(SCC(=O)C(C)(C)C)nnc23)c1. The Morgan fingerprint density at radius 3 is 2.60 bits per heavy atom. The van der Waals surface area contributed by atoms with Gasteiger partial charge in [-0.1, -0.05) is 50.7 Å². The van der Waals surface area contributed by atoms with Crippen LogP contribution >= 0.6 is 11.8 Å². The lowest BCUT2D eigenvalue weighted by Crippen LogP contribution is -2.23. The van der Waals surface area contributed by atoms with E-state index in [1.807, 2.05) is 61.6 Å². The Kier molecular flexibility index (Phi) is 5.11. The van der Waals surface area contributed by atoms with E-state index in [1.54, 1.807) is 19.2 Å². The summed E-state index contributed by atoms with van der Waals surface area (Å²) in [6.07, 6.45) is 0. The van der Waals surface area contributed by atoms with E-state index >= 15 is 0 Å². The normalized spacial score (nSPS) is 11.9. The first kappa shape index (κ1) is 20.2. The molecule has 2 heterocycles. The van der Waals surface area contributed by atoms with Gasteiger partial charge < -0.3 is 4.74 Å². The third-order valence-electron chi connectivity index (χ3n) is 4.88. The number of ketones is 1. The van der Waals surface area contributed by atoms with Crippen LogP contribution in [0.4, 0.5) is 0 Å². The number of nitrogens with zero attached hydrogens (tertiary/aromatic N) is 4. The van der Waals surface area contributed by atoms with Crippen molar-refractivity contribution in [3.63, 3.8) is 0 Å². The largest absolute Gasteiger partial charge is 0.497 e. The average molecular weight is 423 g/mol. The second-order valence-corrected chi connectivity index (χ2v) is 8.88. The first-order chi connectivity index (χ1) is 14.3. The number of fused-ring (bicyclic) bond motifs is 3. The van der Waals surface area contributed by atoms with Crippen molar-refractivity contribution in [2.45, 2.75) is 25.9 Å². The van der Waals surface area contributed by atoms with Crippen molar-refractivity contribution >= 4 is 34.2 Å². The second-order valence-electron chi connectivity index (χ2n) is 7.94. The lowest BCUT2D eigenvalue weighted by molar-refractivity contribution is -0.123. The zero-order valence-corrected chi connectivity index (χ0v) is 18.1. The molecule has 8 heteroatoms. The van der Waals surface area contributed by atoms with E-state index < -0.39 is 5.41 Å². The Labute approximate surface area is 177 Å². The molecular formula is C22H22N4O3S. The van der Waals surface area contributed by atoms with Crippen molar-refractivity contribution in [3.05, 3.63) is 58.9 Å². The molecule has 2 aromatic heterocycles. The molecule has 0 fully saturated rings. The summed E-state index contributed by atoms with van der Waals surface area (Å²) in [4.78, 5) is 25.8. The Morgan fingerprint density at radius 1 is 1.10 bits per heavy atom. The van der Waals surface area contributed by atoms with Crippen molar-refractivity contribution in [1.29, 1.82) is 0 Å². The molecule has 30 heavy (non-hydrogen) atoms. The van der Waals surface area contributed by atoms with Gasteiger partial charge in [-0.05, 0) is 24.3 Å². The molecule has 7 nitrogen and oxygen atoms in total. The highest BCUT2D eigenvalue weighted by Gasteiger charge is 2.23. The predicted octanol–water partition coefficient (Wildman–Crippen LogP) is 3.75. The number of ether oxygens (including phenoxy) is 1. The zero-order chi connectivity index (χ0) is 21.5. The van der Waals surface area contributed by atoms with Gasteiger partial charge in [-0.3, -0.25) is 14.0 Å². The molecular weight excluding hydrogens is 400 g/mol. The maximum Gasteiger partial charge on any atom is 0.267 e. The summed E-state index contributed by atoms with van der Waals surface area (Å²) < 4.78 is 8.67. The van der Waals surface area contributed by atoms with Gasteiger partial charge in [0.15, 0.2) is 5.16 Å². The smallest absolute Gasteiger partial charge is 0.267 e. The summed E-state index contributed by atoms with van der Waals surface area (Å²) in [5.41, 5.74) is 0.705. The molecule has 0 aliphatic rings. The molecule has 0 aliphatic carbocycles. The maximum atomic E-state index is 13.3. The minimum atomic E-state index is -0.432. The summed E-state index contributed by atoms with van der Waals surface area (Å²) in [5.74, 6) is 1.42. The number of rotatable bonds is 5. The van der Waals surface area contributed by atoms with E-state index in [2.05, 4.69) is 10.2 Å². The van der Waals surface area contributed by atoms with Crippen LogP contribution in [0.25, 0.3) is 22.4 Å². The van der Waals surface area contributed by atoms with Crippen molar-refractivity contribution < 1.29 is 9.53 Å².